The van der Waals surface area contributed by atoms with Gasteiger partial charge in [0.25, 0.3) is 0 Å². The Hall–Kier alpha value is -1.30. The third kappa shape index (κ3) is 3.37. The van der Waals surface area contributed by atoms with Gasteiger partial charge in [-0.2, -0.15) is 13.2 Å². The van der Waals surface area contributed by atoms with Crippen molar-refractivity contribution in [3.63, 3.8) is 0 Å². The lowest BCUT2D eigenvalue weighted by Crippen LogP contribution is -2.31. The smallest absolute Gasteiger partial charge is 0.425 e. The Bertz CT molecular complexity index is 341. The normalized spacial score (nSPS) is 13.6. The van der Waals surface area contributed by atoms with Crippen LogP contribution in [-0.2, 0) is 6.54 Å². The second-order valence-electron chi connectivity index (χ2n) is 3.32. The summed E-state index contributed by atoms with van der Waals surface area (Å²) in [5.41, 5.74) is 0.598. The van der Waals surface area contributed by atoms with E-state index in [1.54, 1.807) is 7.05 Å². The Morgan fingerprint density at radius 1 is 1.50 bits per heavy atom. The van der Waals surface area contributed by atoms with E-state index in [-0.39, 0.29) is 5.75 Å². The van der Waals surface area contributed by atoms with Gasteiger partial charge in [-0.3, -0.25) is 4.98 Å². The van der Waals surface area contributed by atoms with Crippen LogP contribution < -0.4 is 10.1 Å². The van der Waals surface area contributed by atoms with Gasteiger partial charge in [-0.05, 0) is 20.0 Å². The molecule has 1 N–H and O–H groups in total. The van der Waals surface area contributed by atoms with Gasteiger partial charge in [0.2, 0.25) is 0 Å². The van der Waals surface area contributed by atoms with Crippen molar-refractivity contribution in [3.05, 3.63) is 24.0 Å². The van der Waals surface area contributed by atoms with Crippen LogP contribution in [0.4, 0.5) is 13.2 Å². The van der Waals surface area contributed by atoms with Crippen molar-refractivity contribution in [1.82, 2.24) is 10.3 Å². The Kier molecular flexibility index (Phi) is 4.12. The van der Waals surface area contributed by atoms with E-state index < -0.39 is 12.3 Å². The molecule has 0 radical (unpaired) electrons. The molecule has 1 aromatic heterocycles. The van der Waals surface area contributed by atoms with E-state index in [1.807, 2.05) is 0 Å². The molecule has 3 nitrogen and oxygen atoms in total. The molecule has 0 aliphatic heterocycles. The first kappa shape index (κ1) is 12.8. The van der Waals surface area contributed by atoms with E-state index in [1.165, 1.54) is 18.5 Å². The van der Waals surface area contributed by atoms with E-state index in [4.69, 9.17) is 4.74 Å². The zero-order valence-electron chi connectivity index (χ0n) is 9.01. The summed E-state index contributed by atoms with van der Waals surface area (Å²) in [6, 6.07) is 1.43. The molecule has 0 spiro atoms. The number of hydrogen-bond donors (Lipinski definition) is 1. The Balaban J connectivity index is 2.80. The Morgan fingerprint density at radius 2 is 2.19 bits per heavy atom. The maximum atomic E-state index is 12.3. The number of hydrogen-bond acceptors (Lipinski definition) is 3. The maximum absolute atomic E-state index is 12.3. The molecular weight excluding hydrogens is 221 g/mol. The van der Waals surface area contributed by atoms with Crippen molar-refractivity contribution in [2.24, 2.45) is 0 Å². The van der Waals surface area contributed by atoms with Crippen molar-refractivity contribution in [2.45, 2.75) is 25.7 Å². The van der Waals surface area contributed by atoms with Gasteiger partial charge in [0.15, 0.2) is 6.10 Å². The molecule has 0 amide bonds. The quantitative estimate of drug-likeness (QED) is 0.866. The van der Waals surface area contributed by atoms with Gasteiger partial charge in [0, 0.05) is 24.5 Å². The molecule has 0 saturated carbocycles. The molecule has 16 heavy (non-hydrogen) atoms. The van der Waals surface area contributed by atoms with Gasteiger partial charge < -0.3 is 10.1 Å². The number of nitrogens with one attached hydrogen (secondary N) is 1. The van der Waals surface area contributed by atoms with Crippen LogP contribution in [0.1, 0.15) is 12.5 Å². The van der Waals surface area contributed by atoms with Crippen LogP contribution in [0.5, 0.6) is 5.75 Å². The predicted octanol–water partition coefficient (Wildman–Crippen LogP) is 2.13. The molecule has 0 bridgehead atoms. The average molecular weight is 234 g/mol. The fourth-order valence-electron chi connectivity index (χ4n) is 1.11. The fourth-order valence-corrected chi connectivity index (χ4v) is 1.11. The van der Waals surface area contributed by atoms with Crippen LogP contribution in [0.3, 0.4) is 0 Å². The minimum atomic E-state index is -4.36. The van der Waals surface area contributed by atoms with Gasteiger partial charge in [-0.15, -0.1) is 0 Å². The number of alkyl halides is 3. The van der Waals surface area contributed by atoms with Crippen molar-refractivity contribution >= 4 is 0 Å². The lowest BCUT2D eigenvalue weighted by atomic mass is 10.2. The first-order chi connectivity index (χ1) is 7.45. The number of ether oxygens (including phenoxy) is 1. The highest BCUT2D eigenvalue weighted by atomic mass is 19.4. The molecule has 0 aliphatic carbocycles. The van der Waals surface area contributed by atoms with Crippen molar-refractivity contribution < 1.29 is 17.9 Å². The topological polar surface area (TPSA) is 34.2 Å². The third-order valence-corrected chi connectivity index (χ3v) is 1.99. The summed E-state index contributed by atoms with van der Waals surface area (Å²) in [5, 5.41) is 2.84. The van der Waals surface area contributed by atoms with Crippen molar-refractivity contribution in [3.8, 4) is 5.75 Å². The van der Waals surface area contributed by atoms with Crippen LogP contribution in [0.2, 0.25) is 0 Å². The van der Waals surface area contributed by atoms with Gasteiger partial charge >= 0.3 is 6.18 Å². The average Bonchev–Trinajstić information content (AvgIpc) is 2.20. The third-order valence-electron chi connectivity index (χ3n) is 1.99. The molecule has 0 fully saturated rings. The summed E-state index contributed by atoms with van der Waals surface area (Å²) in [7, 11) is 1.70. The van der Waals surface area contributed by atoms with Crippen molar-refractivity contribution in [1.29, 1.82) is 0 Å². The molecule has 6 heteroatoms. The SMILES string of the molecule is CNCc1cnccc1OC(C)C(F)(F)F. The highest BCUT2D eigenvalue weighted by Crippen LogP contribution is 2.26. The second-order valence-corrected chi connectivity index (χ2v) is 3.32. The van der Waals surface area contributed by atoms with Crippen molar-refractivity contribution in [2.75, 3.05) is 7.05 Å². The molecule has 1 aromatic rings. The molecule has 1 rings (SSSR count). The van der Waals surface area contributed by atoms with Crippen LogP contribution in [0.15, 0.2) is 18.5 Å². The molecule has 1 unspecified atom stereocenters. The van der Waals surface area contributed by atoms with Gasteiger partial charge in [-0.25, -0.2) is 0 Å². The van der Waals surface area contributed by atoms with Crippen LogP contribution in [0, 0.1) is 0 Å². The molecule has 1 atom stereocenters. The number of pyridine rings is 1. The lowest BCUT2D eigenvalue weighted by molar-refractivity contribution is -0.189. The van der Waals surface area contributed by atoms with Crippen LogP contribution in [0.25, 0.3) is 0 Å². The van der Waals surface area contributed by atoms with E-state index in [2.05, 4.69) is 10.3 Å². The number of aromatic nitrogens is 1. The molecule has 0 aliphatic rings. The van der Waals surface area contributed by atoms with E-state index >= 15 is 0 Å². The highest BCUT2D eigenvalue weighted by Gasteiger charge is 2.38. The zero-order chi connectivity index (χ0) is 12.2. The highest BCUT2D eigenvalue weighted by molar-refractivity contribution is 5.30. The minimum Gasteiger partial charge on any atom is -0.481 e. The zero-order valence-corrected chi connectivity index (χ0v) is 9.01. The second kappa shape index (κ2) is 5.16. The Morgan fingerprint density at radius 3 is 2.75 bits per heavy atom. The van der Waals surface area contributed by atoms with Crippen LogP contribution in [-0.4, -0.2) is 24.3 Å². The molecule has 1 heterocycles. The van der Waals surface area contributed by atoms with E-state index in [0.29, 0.717) is 12.1 Å². The first-order valence-corrected chi connectivity index (χ1v) is 4.76. The molecule has 90 valence electrons. The summed E-state index contributed by atoms with van der Waals surface area (Å²) < 4.78 is 41.7. The number of rotatable bonds is 4. The van der Waals surface area contributed by atoms with Gasteiger partial charge in [-0.1, -0.05) is 0 Å². The lowest BCUT2D eigenvalue weighted by Gasteiger charge is -2.19. The first-order valence-electron chi connectivity index (χ1n) is 4.76. The standard InChI is InChI=1S/C10H13F3N2O/c1-7(10(11,12)13)16-9-3-4-15-6-8(9)5-14-2/h3-4,6-7,14H,5H2,1-2H3. The summed E-state index contributed by atoms with van der Waals surface area (Å²) in [6.45, 7) is 1.39. The number of nitrogens with zero attached hydrogens (tertiary/aromatic N) is 1. The predicted molar refractivity (Wildman–Crippen MR) is 53.1 cm³/mol. The summed E-state index contributed by atoms with van der Waals surface area (Å²) >= 11 is 0. The van der Waals surface area contributed by atoms with E-state index in [9.17, 15) is 13.2 Å². The molecular formula is C10H13F3N2O. The monoisotopic (exact) mass is 234 g/mol. The summed E-state index contributed by atoms with van der Waals surface area (Å²) in [4.78, 5) is 3.83. The summed E-state index contributed by atoms with van der Waals surface area (Å²) in [6.07, 6.45) is -3.31. The Labute approximate surface area is 91.6 Å². The maximum Gasteiger partial charge on any atom is 0.425 e. The van der Waals surface area contributed by atoms with E-state index in [0.717, 1.165) is 6.92 Å². The fraction of sp³-hybridized carbons (Fsp3) is 0.500. The summed E-state index contributed by atoms with van der Waals surface area (Å²) in [5.74, 6) is 0.203. The molecule has 0 aromatic carbocycles. The minimum absolute atomic E-state index is 0.203. The number of halogens is 3. The van der Waals surface area contributed by atoms with Gasteiger partial charge in [0.1, 0.15) is 5.75 Å². The van der Waals surface area contributed by atoms with Gasteiger partial charge in [0.05, 0.1) is 0 Å². The largest absolute Gasteiger partial charge is 0.481 e. The molecule has 0 saturated heterocycles. The van der Waals surface area contributed by atoms with Crippen LogP contribution >= 0.6 is 0 Å².